The summed E-state index contributed by atoms with van der Waals surface area (Å²) < 4.78 is 5.19. The summed E-state index contributed by atoms with van der Waals surface area (Å²) in [5, 5.41) is 0. The summed E-state index contributed by atoms with van der Waals surface area (Å²) in [5.41, 5.74) is 0. The van der Waals surface area contributed by atoms with Gasteiger partial charge in [-0.3, -0.25) is 4.79 Å². The second-order valence-corrected chi connectivity index (χ2v) is 6.85. The second-order valence-electron chi connectivity index (χ2n) is 6.85. The van der Waals surface area contributed by atoms with Gasteiger partial charge in [-0.15, -0.1) is 0 Å². The van der Waals surface area contributed by atoms with Crippen molar-refractivity contribution in [2.45, 2.75) is 51.5 Å². The lowest BCUT2D eigenvalue weighted by atomic mass is 9.86. The van der Waals surface area contributed by atoms with Crippen molar-refractivity contribution in [3.8, 4) is 5.88 Å². The summed E-state index contributed by atoms with van der Waals surface area (Å²) in [7, 11) is 1.63. The zero-order valence-electron chi connectivity index (χ0n) is 14.8. The lowest BCUT2D eigenvalue weighted by Gasteiger charge is -2.40. The van der Waals surface area contributed by atoms with Gasteiger partial charge >= 0.3 is 0 Å². The molecule has 1 aromatic rings. The van der Waals surface area contributed by atoms with Crippen LogP contribution in [0.2, 0.25) is 0 Å². The topological polar surface area (TPSA) is 58.6 Å². The summed E-state index contributed by atoms with van der Waals surface area (Å²) in [5.74, 6) is 2.18. The molecule has 0 aliphatic carbocycles. The lowest BCUT2D eigenvalue weighted by molar-refractivity contribution is -0.132. The Bertz CT molecular complexity index is 558. The number of carbonyl (C=O) groups excluding carboxylic acids is 1. The van der Waals surface area contributed by atoms with E-state index in [0.29, 0.717) is 17.8 Å². The van der Waals surface area contributed by atoms with Gasteiger partial charge < -0.3 is 14.5 Å². The minimum atomic E-state index is 0.237. The molecule has 1 aromatic heterocycles. The van der Waals surface area contributed by atoms with Gasteiger partial charge in [0.2, 0.25) is 17.7 Å². The van der Waals surface area contributed by atoms with Crippen molar-refractivity contribution in [2.24, 2.45) is 5.92 Å². The number of anilines is 1. The van der Waals surface area contributed by atoms with E-state index in [1.54, 1.807) is 26.3 Å². The predicted octanol–water partition coefficient (Wildman–Crippen LogP) is 2.49. The van der Waals surface area contributed by atoms with Crippen molar-refractivity contribution in [3.05, 3.63) is 12.3 Å². The first-order valence-corrected chi connectivity index (χ1v) is 9.08. The number of hydrogen-bond donors (Lipinski definition) is 0. The molecule has 0 spiro atoms. The van der Waals surface area contributed by atoms with E-state index in [1.807, 2.05) is 0 Å². The summed E-state index contributed by atoms with van der Waals surface area (Å²) in [6, 6.07) is 2.19. The lowest BCUT2D eigenvalue weighted by Crippen LogP contribution is -2.47. The smallest absolute Gasteiger partial charge is 0.228 e. The molecular formula is C18H28N4O2. The molecular weight excluding hydrogens is 304 g/mol. The van der Waals surface area contributed by atoms with Gasteiger partial charge in [0.25, 0.3) is 0 Å². The molecule has 3 rings (SSSR count). The normalized spacial score (nSPS) is 23.0. The van der Waals surface area contributed by atoms with E-state index in [-0.39, 0.29) is 5.91 Å². The zero-order valence-corrected chi connectivity index (χ0v) is 14.8. The number of carbonyl (C=O) groups is 1. The van der Waals surface area contributed by atoms with Crippen molar-refractivity contribution in [2.75, 3.05) is 31.6 Å². The fraction of sp³-hybridized carbons (Fsp3) is 0.722. The largest absolute Gasteiger partial charge is 0.481 e. The number of rotatable bonds is 3. The highest BCUT2D eigenvalue weighted by Gasteiger charge is 2.33. The Labute approximate surface area is 144 Å². The Hall–Kier alpha value is -1.85. The Kier molecular flexibility index (Phi) is 5.53. The third-order valence-electron chi connectivity index (χ3n) is 5.40. The molecule has 0 unspecified atom stereocenters. The van der Waals surface area contributed by atoms with Crippen LogP contribution in [0.1, 0.15) is 45.4 Å². The van der Waals surface area contributed by atoms with Crippen LogP contribution in [0.3, 0.4) is 0 Å². The van der Waals surface area contributed by atoms with Crippen LogP contribution in [0.15, 0.2) is 12.3 Å². The molecule has 2 aliphatic heterocycles. The highest BCUT2D eigenvalue weighted by molar-refractivity contribution is 5.73. The van der Waals surface area contributed by atoms with Gasteiger partial charge in [0.05, 0.1) is 7.11 Å². The SMILES string of the molecule is COc1ccnc(N2CCC([C@H]3CCCCCN3C(C)=O)CC2)n1. The molecule has 0 bridgehead atoms. The highest BCUT2D eigenvalue weighted by atomic mass is 16.5. The molecule has 1 amide bonds. The Morgan fingerprint density at radius 3 is 2.67 bits per heavy atom. The summed E-state index contributed by atoms with van der Waals surface area (Å²) in [4.78, 5) is 25.2. The molecule has 3 heterocycles. The van der Waals surface area contributed by atoms with E-state index in [1.165, 1.54) is 12.8 Å². The summed E-state index contributed by atoms with van der Waals surface area (Å²) in [6.45, 7) is 4.54. The van der Waals surface area contributed by atoms with Gasteiger partial charge in [-0.1, -0.05) is 12.8 Å². The van der Waals surface area contributed by atoms with Gasteiger partial charge in [0, 0.05) is 44.9 Å². The van der Waals surface area contributed by atoms with Gasteiger partial charge in [0.15, 0.2) is 0 Å². The number of ether oxygens (including phenoxy) is 1. The standard InChI is InChI=1S/C18H28N4O2/c1-14(23)22-11-5-3-4-6-16(22)15-8-12-21(13-9-15)18-19-10-7-17(20-18)24-2/h7,10,15-16H,3-6,8-9,11-13H2,1-2H3/t16-/m1/s1. The van der Waals surface area contributed by atoms with Crippen LogP contribution in [0.5, 0.6) is 5.88 Å². The number of amides is 1. The van der Waals surface area contributed by atoms with E-state index < -0.39 is 0 Å². The molecule has 6 nitrogen and oxygen atoms in total. The van der Waals surface area contributed by atoms with Crippen LogP contribution in [0.4, 0.5) is 5.95 Å². The predicted molar refractivity (Wildman–Crippen MR) is 93.2 cm³/mol. The summed E-state index contributed by atoms with van der Waals surface area (Å²) in [6.07, 6.45) is 8.72. The van der Waals surface area contributed by atoms with E-state index >= 15 is 0 Å². The van der Waals surface area contributed by atoms with Crippen LogP contribution >= 0.6 is 0 Å². The van der Waals surface area contributed by atoms with Crippen LogP contribution < -0.4 is 9.64 Å². The van der Waals surface area contributed by atoms with Crippen LogP contribution in [0, 0.1) is 5.92 Å². The van der Waals surface area contributed by atoms with E-state index in [4.69, 9.17) is 4.74 Å². The van der Waals surface area contributed by atoms with Crippen molar-refractivity contribution in [3.63, 3.8) is 0 Å². The van der Waals surface area contributed by atoms with Gasteiger partial charge in [-0.25, -0.2) is 4.98 Å². The highest BCUT2D eigenvalue weighted by Crippen LogP contribution is 2.31. The molecule has 2 fully saturated rings. The van der Waals surface area contributed by atoms with Crippen molar-refractivity contribution >= 4 is 11.9 Å². The first-order chi connectivity index (χ1) is 11.7. The van der Waals surface area contributed by atoms with Gasteiger partial charge in [-0.05, 0) is 31.6 Å². The third-order valence-corrected chi connectivity index (χ3v) is 5.40. The maximum absolute atomic E-state index is 12.0. The van der Waals surface area contributed by atoms with E-state index in [0.717, 1.165) is 51.3 Å². The Morgan fingerprint density at radius 1 is 1.17 bits per heavy atom. The Morgan fingerprint density at radius 2 is 1.96 bits per heavy atom. The molecule has 1 atom stereocenters. The van der Waals surface area contributed by atoms with Crippen molar-refractivity contribution < 1.29 is 9.53 Å². The number of methoxy groups -OCH3 is 1. The number of aromatic nitrogens is 2. The fourth-order valence-corrected chi connectivity index (χ4v) is 4.10. The molecule has 24 heavy (non-hydrogen) atoms. The average molecular weight is 332 g/mol. The number of hydrogen-bond acceptors (Lipinski definition) is 5. The number of piperidine rings is 1. The van der Waals surface area contributed by atoms with E-state index in [9.17, 15) is 4.79 Å². The minimum absolute atomic E-state index is 0.237. The van der Waals surface area contributed by atoms with E-state index in [2.05, 4.69) is 19.8 Å². The molecule has 6 heteroatoms. The maximum Gasteiger partial charge on any atom is 0.228 e. The monoisotopic (exact) mass is 332 g/mol. The first kappa shape index (κ1) is 17.0. The molecule has 2 aliphatic rings. The third kappa shape index (κ3) is 3.79. The average Bonchev–Trinajstić information content (AvgIpc) is 2.88. The molecule has 0 aromatic carbocycles. The van der Waals surface area contributed by atoms with Crippen LogP contribution in [-0.2, 0) is 4.79 Å². The Balaban J connectivity index is 1.64. The zero-order chi connectivity index (χ0) is 16.9. The molecule has 0 radical (unpaired) electrons. The fourth-order valence-electron chi connectivity index (χ4n) is 4.10. The number of nitrogens with zero attached hydrogens (tertiary/aromatic N) is 4. The molecule has 0 saturated carbocycles. The maximum atomic E-state index is 12.0. The molecule has 132 valence electrons. The summed E-state index contributed by atoms with van der Waals surface area (Å²) >= 11 is 0. The molecule has 2 saturated heterocycles. The molecule has 0 N–H and O–H groups in total. The van der Waals surface area contributed by atoms with Crippen LogP contribution in [-0.4, -0.2) is 53.6 Å². The van der Waals surface area contributed by atoms with Crippen molar-refractivity contribution in [1.82, 2.24) is 14.9 Å². The van der Waals surface area contributed by atoms with Gasteiger partial charge in [-0.2, -0.15) is 4.98 Å². The second kappa shape index (κ2) is 7.81. The van der Waals surface area contributed by atoms with Crippen LogP contribution in [0.25, 0.3) is 0 Å². The minimum Gasteiger partial charge on any atom is -0.481 e. The van der Waals surface area contributed by atoms with Crippen molar-refractivity contribution in [1.29, 1.82) is 0 Å². The first-order valence-electron chi connectivity index (χ1n) is 9.08. The number of likely N-dealkylation sites (tertiary alicyclic amines) is 1. The van der Waals surface area contributed by atoms with Gasteiger partial charge in [0.1, 0.15) is 0 Å². The quantitative estimate of drug-likeness (QED) is 0.851.